The van der Waals surface area contributed by atoms with Crippen LogP contribution in [0.4, 0.5) is 0 Å². The molecule has 7 atom stereocenters. The summed E-state index contributed by atoms with van der Waals surface area (Å²) >= 11 is 0. The van der Waals surface area contributed by atoms with Crippen molar-refractivity contribution < 1.29 is 233 Å². The van der Waals surface area contributed by atoms with Crippen molar-refractivity contribution in [2.75, 3.05) is 0 Å². The Bertz CT molecular complexity index is 1050. The number of ether oxygens (including phenoxy) is 3. The molecular weight excluding hydrogens is 784 g/mol. The van der Waals surface area contributed by atoms with E-state index in [1.807, 2.05) is 20.8 Å². The Morgan fingerprint density at radius 1 is 0.480 bits per heavy atom. The van der Waals surface area contributed by atoms with Crippen LogP contribution in [0.5, 0.6) is 0 Å². The Morgan fingerprint density at radius 3 is 0.960 bits per heavy atom. The van der Waals surface area contributed by atoms with Crippen LogP contribution in [0.3, 0.4) is 0 Å². The van der Waals surface area contributed by atoms with Crippen molar-refractivity contribution in [1.82, 2.24) is 0 Å². The van der Waals surface area contributed by atoms with E-state index in [0.717, 1.165) is 0 Å². The largest absolute Gasteiger partial charge is 1.00 e. The van der Waals surface area contributed by atoms with Crippen LogP contribution in [0.15, 0.2) is 0 Å². The van der Waals surface area contributed by atoms with E-state index in [2.05, 4.69) is 13.6 Å². The number of esters is 3. The quantitative estimate of drug-likeness (QED) is 0.0369. The summed E-state index contributed by atoms with van der Waals surface area (Å²) in [4.78, 5) is 107. The smallest absolute Gasteiger partial charge is 0.790 e. The van der Waals surface area contributed by atoms with Gasteiger partial charge in [0.25, 0.3) is 7.82 Å². The summed E-state index contributed by atoms with van der Waals surface area (Å²) in [5.41, 5.74) is 0. The standard InChI is InChI=1S/C24H45O18P3.5Na/c1-4-7-10-13-16(25)37-19-20(38-17(26)14-11-8-5-2)22(40-43(28,29)30)24(42-45(34,35)36)23(41-44(31,32)33)21(19)39-18(27)15-12-9-6-3;;;;;/h19-24H,4-15H2,1-3H3,(H2,28,29,30)(H2,31,32,33)(H2,34,35,36);;;;;/q;5*+1/p-5. The van der Waals surface area contributed by atoms with Crippen molar-refractivity contribution in [3.05, 3.63) is 0 Å². The van der Waals surface area contributed by atoms with Crippen molar-refractivity contribution in [2.24, 2.45) is 0 Å². The third-order valence-corrected chi connectivity index (χ3v) is 7.97. The van der Waals surface area contributed by atoms with Crippen molar-refractivity contribution in [2.45, 2.75) is 134 Å². The summed E-state index contributed by atoms with van der Waals surface area (Å²) in [6, 6.07) is 0. The maximum absolute atomic E-state index is 12.9. The third-order valence-electron chi connectivity index (χ3n) is 6.46. The zero-order valence-corrected chi connectivity index (χ0v) is 42.9. The molecule has 1 saturated carbocycles. The van der Waals surface area contributed by atoms with Crippen LogP contribution < -0.4 is 172 Å². The molecule has 1 aliphatic carbocycles. The first-order valence-corrected chi connectivity index (χ1v) is 18.9. The number of hydrogen-bond acceptors (Lipinski definition) is 17. The molecule has 0 radical (unpaired) electrons. The predicted molar refractivity (Wildman–Crippen MR) is 142 cm³/mol. The van der Waals surface area contributed by atoms with Gasteiger partial charge in [0.1, 0.15) is 18.3 Å². The fraction of sp³-hybridized carbons (Fsp3) is 0.875. The van der Waals surface area contributed by atoms with Crippen LogP contribution >= 0.6 is 23.5 Å². The van der Waals surface area contributed by atoms with Gasteiger partial charge in [0, 0.05) is 19.3 Å². The summed E-state index contributed by atoms with van der Waals surface area (Å²) in [7, 11) is -18.5. The van der Waals surface area contributed by atoms with Gasteiger partial charge in [0.15, 0.2) is 18.3 Å². The van der Waals surface area contributed by atoms with Crippen molar-refractivity contribution in [1.29, 1.82) is 0 Å². The fourth-order valence-electron chi connectivity index (χ4n) is 4.53. The summed E-state index contributed by atoms with van der Waals surface area (Å²) in [6.07, 6.45) is -11.8. The molecule has 0 saturated heterocycles. The normalized spacial score (nSPS) is 22.7. The molecule has 0 aromatic carbocycles. The second kappa shape index (κ2) is 31.7. The Balaban J connectivity index is -0.00000135. The Labute approximate surface area is 403 Å². The van der Waals surface area contributed by atoms with E-state index in [9.17, 15) is 57.4 Å². The number of carbonyl (C=O) groups excluding carboxylic acids is 3. The van der Waals surface area contributed by atoms with Crippen LogP contribution in [0.1, 0.15) is 97.8 Å². The van der Waals surface area contributed by atoms with Gasteiger partial charge in [-0.3, -0.25) is 18.9 Å². The molecule has 1 rings (SSSR count). The van der Waals surface area contributed by atoms with Gasteiger partial charge in [-0.2, -0.15) is 0 Å². The minimum atomic E-state index is -6.29. The number of phosphoric acid groups is 3. The predicted octanol–water partition coefficient (Wildman–Crippen LogP) is -15.2. The maximum atomic E-state index is 12.9. The molecule has 0 amide bonds. The molecule has 1 fully saturated rings. The first kappa shape index (κ1) is 62.9. The molecule has 1 aliphatic rings. The van der Waals surface area contributed by atoms with Crippen LogP contribution in [0, 0.1) is 0 Å². The molecule has 0 heterocycles. The van der Waals surface area contributed by atoms with Gasteiger partial charge in [-0.25, -0.2) is 0 Å². The molecule has 18 nitrogen and oxygen atoms in total. The topological polar surface area (TPSA) is 293 Å². The molecule has 0 bridgehead atoms. The number of unbranched alkanes of at least 4 members (excludes halogenated alkanes) is 6. The van der Waals surface area contributed by atoms with Gasteiger partial charge in [-0.05, 0) is 19.3 Å². The second-order valence-corrected chi connectivity index (χ2v) is 13.7. The molecule has 26 heteroatoms. The van der Waals surface area contributed by atoms with Gasteiger partial charge in [-0.1, -0.05) is 59.3 Å². The molecule has 50 heavy (non-hydrogen) atoms. The van der Waals surface area contributed by atoms with E-state index in [4.69, 9.17) is 14.2 Å². The van der Waals surface area contributed by atoms with Gasteiger partial charge < -0.3 is 66.3 Å². The van der Waals surface area contributed by atoms with E-state index < -0.39 is 78.0 Å². The minimum Gasteiger partial charge on any atom is -0.790 e. The molecule has 7 unspecified atom stereocenters. The number of carbonyl (C=O) groups is 3. The number of rotatable bonds is 21. The molecule has 1 N–H and O–H groups in total. The molecular formula is C24H40Na5O18P3. The summed E-state index contributed by atoms with van der Waals surface area (Å²) in [5.74, 6) is -3.29. The van der Waals surface area contributed by atoms with Crippen LogP contribution in [0.25, 0.3) is 0 Å². The monoisotopic (exact) mass is 824 g/mol. The first-order chi connectivity index (χ1) is 20.8. The van der Waals surface area contributed by atoms with Crippen LogP contribution in [-0.2, 0) is 55.9 Å². The summed E-state index contributed by atoms with van der Waals surface area (Å²) in [6.45, 7) is 5.45. The van der Waals surface area contributed by atoms with Crippen LogP contribution in [-0.4, -0.2) is 59.4 Å². The van der Waals surface area contributed by atoms with Gasteiger partial charge >= 0.3 is 166 Å². The van der Waals surface area contributed by atoms with Crippen molar-refractivity contribution in [3.63, 3.8) is 0 Å². The van der Waals surface area contributed by atoms with Crippen molar-refractivity contribution >= 4 is 41.4 Å². The molecule has 0 spiro atoms. The van der Waals surface area contributed by atoms with Gasteiger partial charge in [0.2, 0.25) is 0 Å². The Hall–Kier alpha value is 3.74. The maximum Gasteiger partial charge on any atom is 1.00 e. The van der Waals surface area contributed by atoms with Crippen LogP contribution in [0.2, 0.25) is 0 Å². The summed E-state index contributed by atoms with van der Waals surface area (Å²) in [5, 5.41) is 0. The van der Waals surface area contributed by atoms with E-state index in [0.29, 0.717) is 38.5 Å². The first-order valence-electron chi connectivity index (χ1n) is 14.5. The molecule has 0 aromatic heterocycles. The molecule has 0 aliphatic heterocycles. The minimum absolute atomic E-state index is 0. The molecule has 264 valence electrons. The average Bonchev–Trinajstić information content (AvgIpc) is 2.88. The van der Waals surface area contributed by atoms with E-state index >= 15 is 0 Å². The number of hydrogen-bond donors (Lipinski definition) is 1. The zero-order valence-electron chi connectivity index (χ0n) is 30.2. The van der Waals surface area contributed by atoms with E-state index in [1.165, 1.54) is 0 Å². The third kappa shape index (κ3) is 27.4. The SMILES string of the molecule is CCCCCC(=O)OC1C(OC(=O)CCCCC)C(OP(=O)([O-])[O-])C(OP(=O)([O-])[O-])C(OP(=O)([O-])O)C1OC(=O)CCCCC.[Na+].[Na+].[Na+].[Na+].[Na+]. The Morgan fingerprint density at radius 2 is 0.720 bits per heavy atom. The van der Waals surface area contributed by atoms with E-state index in [-0.39, 0.29) is 186 Å². The average molecular weight is 824 g/mol. The van der Waals surface area contributed by atoms with E-state index in [1.54, 1.807) is 0 Å². The zero-order chi connectivity index (χ0) is 34.4. The molecule has 0 aromatic rings. The number of phosphoric ester groups is 3. The second-order valence-electron chi connectivity index (χ2n) is 10.3. The fourth-order valence-corrected chi connectivity index (χ4v) is 6.15. The van der Waals surface area contributed by atoms with Gasteiger partial charge in [0.05, 0.1) is 15.6 Å². The van der Waals surface area contributed by atoms with Gasteiger partial charge in [-0.15, -0.1) is 0 Å². The Kier molecular flexibility index (Phi) is 39.9. The summed E-state index contributed by atoms with van der Waals surface area (Å²) < 4.78 is 64.7. The van der Waals surface area contributed by atoms with Crippen molar-refractivity contribution in [3.8, 4) is 0 Å².